The van der Waals surface area contributed by atoms with E-state index in [1.165, 1.54) is 22.3 Å². The van der Waals surface area contributed by atoms with Crippen LogP contribution < -0.4 is 5.32 Å². The van der Waals surface area contributed by atoms with Crippen LogP contribution in [0.25, 0.3) is 11.1 Å². The molecule has 152 valence electrons. The summed E-state index contributed by atoms with van der Waals surface area (Å²) in [7, 11) is 0. The Bertz CT molecular complexity index is 848. The Morgan fingerprint density at radius 3 is 2.24 bits per heavy atom. The molecule has 5 heteroatoms. The van der Waals surface area contributed by atoms with E-state index in [0.717, 1.165) is 25.7 Å². The second-order valence-corrected chi connectivity index (χ2v) is 8.05. The molecule has 1 fully saturated rings. The van der Waals surface area contributed by atoms with E-state index >= 15 is 0 Å². The highest BCUT2D eigenvalue weighted by Gasteiger charge is 2.30. The van der Waals surface area contributed by atoms with E-state index < -0.39 is 12.1 Å². The lowest BCUT2D eigenvalue weighted by molar-refractivity contribution is -0.137. The van der Waals surface area contributed by atoms with E-state index in [1.54, 1.807) is 0 Å². The monoisotopic (exact) mass is 393 g/mol. The summed E-state index contributed by atoms with van der Waals surface area (Å²) in [5, 5.41) is 12.0. The van der Waals surface area contributed by atoms with Crippen molar-refractivity contribution in [2.75, 3.05) is 6.61 Å². The molecule has 2 atom stereocenters. The van der Waals surface area contributed by atoms with Gasteiger partial charge in [0, 0.05) is 18.4 Å². The van der Waals surface area contributed by atoms with Crippen molar-refractivity contribution in [2.24, 2.45) is 5.92 Å². The van der Waals surface area contributed by atoms with Crippen LogP contribution in [0.1, 0.15) is 55.6 Å². The van der Waals surface area contributed by atoms with Gasteiger partial charge < -0.3 is 15.2 Å². The van der Waals surface area contributed by atoms with E-state index in [2.05, 4.69) is 29.6 Å². The SMILES string of the molecule is O=C(O)CCC1CCCCC1NC(=O)OCC1c2ccccc2-c2ccccc21. The third-order valence-electron chi connectivity index (χ3n) is 6.28. The summed E-state index contributed by atoms with van der Waals surface area (Å²) < 4.78 is 5.65. The average Bonchev–Trinajstić information content (AvgIpc) is 3.05. The maximum absolute atomic E-state index is 12.5. The number of aliphatic carboxylic acids is 1. The van der Waals surface area contributed by atoms with Gasteiger partial charge in [0.15, 0.2) is 0 Å². The van der Waals surface area contributed by atoms with Crippen molar-refractivity contribution in [3.8, 4) is 11.1 Å². The van der Waals surface area contributed by atoms with Gasteiger partial charge in [-0.05, 0) is 47.4 Å². The molecule has 0 saturated heterocycles. The summed E-state index contributed by atoms with van der Waals surface area (Å²) in [6.45, 7) is 0.298. The number of amides is 1. The third-order valence-corrected chi connectivity index (χ3v) is 6.28. The maximum Gasteiger partial charge on any atom is 0.407 e. The lowest BCUT2D eigenvalue weighted by Crippen LogP contribution is -2.42. The average molecular weight is 393 g/mol. The van der Waals surface area contributed by atoms with Gasteiger partial charge in [-0.1, -0.05) is 61.4 Å². The molecule has 0 aliphatic heterocycles. The fourth-order valence-corrected chi connectivity index (χ4v) is 4.84. The van der Waals surface area contributed by atoms with Crippen LogP contribution in [0, 0.1) is 5.92 Å². The van der Waals surface area contributed by atoms with Crippen molar-refractivity contribution in [1.29, 1.82) is 0 Å². The number of nitrogens with one attached hydrogen (secondary N) is 1. The molecule has 0 spiro atoms. The number of carbonyl (C=O) groups is 2. The van der Waals surface area contributed by atoms with Gasteiger partial charge in [-0.25, -0.2) is 4.79 Å². The molecule has 1 amide bonds. The van der Waals surface area contributed by atoms with Crippen molar-refractivity contribution in [1.82, 2.24) is 5.32 Å². The van der Waals surface area contributed by atoms with Crippen LogP contribution >= 0.6 is 0 Å². The number of benzene rings is 2. The van der Waals surface area contributed by atoms with Gasteiger partial charge in [0.05, 0.1) is 0 Å². The molecule has 2 unspecified atom stereocenters. The molecule has 5 nitrogen and oxygen atoms in total. The van der Waals surface area contributed by atoms with Crippen LogP contribution in [0.4, 0.5) is 4.79 Å². The molecule has 0 heterocycles. The molecule has 0 radical (unpaired) electrons. The number of hydrogen-bond acceptors (Lipinski definition) is 3. The van der Waals surface area contributed by atoms with Gasteiger partial charge >= 0.3 is 12.1 Å². The number of carbonyl (C=O) groups excluding carboxylic acids is 1. The highest BCUT2D eigenvalue weighted by molar-refractivity contribution is 5.79. The number of hydrogen-bond donors (Lipinski definition) is 2. The number of carboxylic acid groups (broad SMARTS) is 1. The predicted octanol–water partition coefficient (Wildman–Crippen LogP) is 4.95. The molecule has 2 N–H and O–H groups in total. The maximum atomic E-state index is 12.5. The van der Waals surface area contributed by atoms with E-state index in [4.69, 9.17) is 9.84 Å². The summed E-state index contributed by atoms with van der Waals surface area (Å²) in [5.41, 5.74) is 4.80. The normalized spacial score (nSPS) is 20.6. The van der Waals surface area contributed by atoms with Crippen LogP contribution in [-0.4, -0.2) is 29.8 Å². The first-order chi connectivity index (χ1) is 14.1. The summed E-state index contributed by atoms with van der Waals surface area (Å²) >= 11 is 0. The summed E-state index contributed by atoms with van der Waals surface area (Å²) in [6.07, 6.45) is 4.33. The van der Waals surface area contributed by atoms with Gasteiger partial charge in [0.25, 0.3) is 0 Å². The second kappa shape index (κ2) is 8.68. The van der Waals surface area contributed by atoms with Crippen molar-refractivity contribution in [3.63, 3.8) is 0 Å². The molecule has 4 rings (SSSR count). The topological polar surface area (TPSA) is 75.6 Å². The van der Waals surface area contributed by atoms with Gasteiger partial charge in [-0.2, -0.15) is 0 Å². The standard InChI is InChI=1S/C24H27NO4/c26-23(27)14-13-16-7-1-6-12-22(16)25-24(28)29-15-21-19-10-4-2-8-17(19)18-9-3-5-11-20(18)21/h2-5,8-11,16,21-22H,1,6-7,12-15H2,(H,25,28)(H,26,27). The molecule has 1 saturated carbocycles. The third kappa shape index (κ3) is 4.29. The van der Waals surface area contributed by atoms with E-state index in [-0.39, 0.29) is 24.3 Å². The minimum Gasteiger partial charge on any atom is -0.481 e. The summed E-state index contributed by atoms with van der Waals surface area (Å²) in [6, 6.07) is 16.5. The van der Waals surface area contributed by atoms with Crippen molar-refractivity contribution >= 4 is 12.1 Å². The molecule has 2 aliphatic carbocycles. The highest BCUT2D eigenvalue weighted by Crippen LogP contribution is 2.44. The molecule has 29 heavy (non-hydrogen) atoms. The summed E-state index contributed by atoms with van der Waals surface area (Å²) in [4.78, 5) is 23.4. The number of carboxylic acids is 1. The van der Waals surface area contributed by atoms with Crippen LogP contribution in [0.5, 0.6) is 0 Å². The number of alkyl carbamates (subject to hydrolysis) is 1. The Morgan fingerprint density at radius 1 is 0.966 bits per heavy atom. The Hall–Kier alpha value is -2.82. The fraction of sp³-hybridized carbons (Fsp3) is 0.417. The molecular weight excluding hydrogens is 366 g/mol. The Morgan fingerprint density at radius 2 is 1.59 bits per heavy atom. The summed E-state index contributed by atoms with van der Waals surface area (Å²) in [5.74, 6) is -0.530. The van der Waals surface area contributed by atoms with Crippen molar-refractivity contribution in [2.45, 2.75) is 50.5 Å². The molecule has 2 aliphatic rings. The van der Waals surface area contributed by atoms with E-state index in [9.17, 15) is 9.59 Å². The Labute approximate surface area is 171 Å². The highest BCUT2D eigenvalue weighted by atomic mass is 16.5. The van der Waals surface area contributed by atoms with E-state index in [0.29, 0.717) is 13.0 Å². The Kier molecular flexibility index (Phi) is 5.84. The fourth-order valence-electron chi connectivity index (χ4n) is 4.84. The molecule has 0 bridgehead atoms. The van der Waals surface area contributed by atoms with E-state index in [1.807, 2.05) is 24.3 Å². The lowest BCUT2D eigenvalue weighted by atomic mass is 9.82. The van der Waals surface area contributed by atoms with Crippen molar-refractivity contribution in [3.05, 3.63) is 59.7 Å². The van der Waals surface area contributed by atoms with Gasteiger partial charge in [-0.3, -0.25) is 4.79 Å². The molecule has 2 aromatic carbocycles. The molecule has 0 aromatic heterocycles. The minimum absolute atomic E-state index is 0.00116. The minimum atomic E-state index is -0.782. The first kappa shape index (κ1) is 19.5. The Balaban J connectivity index is 1.39. The van der Waals surface area contributed by atoms with Gasteiger partial charge in [0.2, 0.25) is 0 Å². The first-order valence-electron chi connectivity index (χ1n) is 10.5. The van der Waals surface area contributed by atoms with Gasteiger partial charge in [0.1, 0.15) is 6.61 Å². The second-order valence-electron chi connectivity index (χ2n) is 8.05. The predicted molar refractivity (Wildman–Crippen MR) is 111 cm³/mol. The number of rotatable bonds is 6. The largest absolute Gasteiger partial charge is 0.481 e. The van der Waals surface area contributed by atoms with Crippen molar-refractivity contribution < 1.29 is 19.4 Å². The lowest BCUT2D eigenvalue weighted by Gasteiger charge is -2.31. The van der Waals surface area contributed by atoms with Crippen LogP contribution in [0.3, 0.4) is 0 Å². The number of fused-ring (bicyclic) bond motifs is 3. The van der Waals surface area contributed by atoms with Crippen LogP contribution in [-0.2, 0) is 9.53 Å². The first-order valence-corrected chi connectivity index (χ1v) is 10.5. The zero-order valence-corrected chi connectivity index (χ0v) is 16.5. The zero-order valence-electron chi connectivity index (χ0n) is 16.5. The number of ether oxygens (including phenoxy) is 1. The molecule has 2 aromatic rings. The van der Waals surface area contributed by atoms with Crippen LogP contribution in [0.2, 0.25) is 0 Å². The molecular formula is C24H27NO4. The quantitative estimate of drug-likeness (QED) is 0.728. The van der Waals surface area contributed by atoms with Gasteiger partial charge in [-0.15, -0.1) is 0 Å². The van der Waals surface area contributed by atoms with Crippen LogP contribution in [0.15, 0.2) is 48.5 Å². The smallest absolute Gasteiger partial charge is 0.407 e. The zero-order chi connectivity index (χ0) is 20.2.